The number of nitrogens with one attached hydrogen (secondary N) is 6. The van der Waals surface area contributed by atoms with Gasteiger partial charge in [0.15, 0.2) is 0 Å². The number of carbonyl (C=O) groups is 6. The van der Waals surface area contributed by atoms with E-state index in [9.17, 15) is 28.8 Å². The van der Waals surface area contributed by atoms with E-state index in [1.165, 1.54) is 6.92 Å². The van der Waals surface area contributed by atoms with E-state index in [0.29, 0.717) is 44.5 Å². The highest BCUT2D eigenvalue weighted by atomic mass is 16.4. The third kappa shape index (κ3) is 16.9. The smallest absolute Gasteiger partial charge is 0.303 e. The van der Waals surface area contributed by atoms with Crippen molar-refractivity contribution in [3.05, 3.63) is 29.8 Å². The van der Waals surface area contributed by atoms with Crippen molar-refractivity contribution in [3.8, 4) is 0 Å². The molecule has 47 heavy (non-hydrogen) atoms. The molecule has 5 amide bonds. The van der Waals surface area contributed by atoms with E-state index in [1.54, 1.807) is 19.1 Å². The average molecular weight is 661 g/mol. The molecule has 0 aliphatic rings. The molecule has 0 unspecified atom stereocenters. The van der Waals surface area contributed by atoms with Gasteiger partial charge in [0.25, 0.3) is 0 Å². The second-order valence-electron chi connectivity index (χ2n) is 12.6. The largest absolute Gasteiger partial charge is 0.481 e. The molecule has 0 bridgehead atoms. The monoisotopic (exact) mass is 660 g/mol. The SMILES string of the molecule is CCC[C@H](NC(=O)[C@@H](NC(=O)CCCC(=O)O)[C@H](C)CC)C(=O)N[C@H](CN[C@@H](C)C(=O)NCc1ccc(NC(C)=O)cc1)CC(C)C. The molecular formula is C34H56N6O7. The number of carbonyl (C=O) groups excluding carboxylic acids is 5. The molecule has 13 nitrogen and oxygen atoms in total. The Kier molecular flexibility index (Phi) is 19.0. The van der Waals surface area contributed by atoms with Gasteiger partial charge in [-0.1, -0.05) is 59.6 Å². The fraction of sp³-hybridized carbons (Fsp3) is 0.647. The number of anilines is 1. The van der Waals surface area contributed by atoms with Crippen molar-refractivity contribution in [2.45, 2.75) is 124 Å². The summed E-state index contributed by atoms with van der Waals surface area (Å²) in [5, 5.41) is 26.3. The van der Waals surface area contributed by atoms with Gasteiger partial charge < -0.3 is 37.0 Å². The summed E-state index contributed by atoms with van der Waals surface area (Å²) in [5.41, 5.74) is 1.55. The minimum Gasteiger partial charge on any atom is -0.481 e. The first-order valence-corrected chi connectivity index (χ1v) is 16.7. The molecule has 0 aliphatic heterocycles. The van der Waals surface area contributed by atoms with Gasteiger partial charge in [0.05, 0.1) is 6.04 Å². The van der Waals surface area contributed by atoms with Crippen LogP contribution >= 0.6 is 0 Å². The van der Waals surface area contributed by atoms with Crippen LogP contribution in [0, 0.1) is 11.8 Å². The third-order valence-electron chi connectivity index (χ3n) is 7.72. The summed E-state index contributed by atoms with van der Waals surface area (Å²) < 4.78 is 0. The minimum absolute atomic E-state index is 0.0151. The maximum absolute atomic E-state index is 13.5. The van der Waals surface area contributed by atoms with Gasteiger partial charge in [-0.25, -0.2) is 0 Å². The molecule has 0 saturated carbocycles. The summed E-state index contributed by atoms with van der Waals surface area (Å²) in [7, 11) is 0. The summed E-state index contributed by atoms with van der Waals surface area (Å²) in [4.78, 5) is 74.1. The molecule has 0 aromatic heterocycles. The van der Waals surface area contributed by atoms with Crippen LogP contribution in [0.4, 0.5) is 5.69 Å². The molecule has 1 rings (SSSR count). The molecule has 264 valence electrons. The van der Waals surface area contributed by atoms with Crippen molar-refractivity contribution < 1.29 is 33.9 Å². The zero-order chi connectivity index (χ0) is 35.5. The van der Waals surface area contributed by atoms with E-state index in [0.717, 1.165) is 5.56 Å². The molecule has 0 fully saturated rings. The van der Waals surface area contributed by atoms with Gasteiger partial charge in [0.1, 0.15) is 12.1 Å². The highest BCUT2D eigenvalue weighted by molar-refractivity contribution is 5.92. The molecular weight excluding hydrogens is 604 g/mol. The van der Waals surface area contributed by atoms with E-state index in [4.69, 9.17) is 5.11 Å². The number of rotatable bonds is 22. The van der Waals surface area contributed by atoms with Gasteiger partial charge in [0.2, 0.25) is 29.5 Å². The van der Waals surface area contributed by atoms with E-state index in [-0.39, 0.29) is 54.9 Å². The first-order chi connectivity index (χ1) is 22.2. The number of hydrogen-bond donors (Lipinski definition) is 7. The number of carboxylic acids is 1. The second kappa shape index (κ2) is 21.7. The second-order valence-corrected chi connectivity index (χ2v) is 12.6. The summed E-state index contributed by atoms with van der Waals surface area (Å²) in [6.07, 6.45) is 2.28. The van der Waals surface area contributed by atoms with Gasteiger partial charge in [-0.15, -0.1) is 0 Å². The Morgan fingerprint density at radius 1 is 0.830 bits per heavy atom. The number of aliphatic carboxylic acids is 1. The maximum atomic E-state index is 13.5. The summed E-state index contributed by atoms with van der Waals surface area (Å²) in [6, 6.07) is 4.64. The van der Waals surface area contributed by atoms with Crippen LogP contribution in [0.2, 0.25) is 0 Å². The normalized spacial score (nSPS) is 14.2. The van der Waals surface area contributed by atoms with Crippen molar-refractivity contribution in [2.24, 2.45) is 11.8 Å². The quantitative estimate of drug-likeness (QED) is 0.0986. The average Bonchev–Trinajstić information content (AvgIpc) is 3.00. The Morgan fingerprint density at radius 2 is 1.49 bits per heavy atom. The molecule has 1 aromatic rings. The fourth-order valence-corrected chi connectivity index (χ4v) is 4.89. The Hall–Kier alpha value is -4.00. The van der Waals surface area contributed by atoms with E-state index in [1.807, 2.05) is 46.8 Å². The lowest BCUT2D eigenvalue weighted by molar-refractivity contribution is -0.137. The van der Waals surface area contributed by atoms with Crippen molar-refractivity contribution >= 4 is 41.2 Å². The van der Waals surface area contributed by atoms with Crippen LogP contribution in [0.3, 0.4) is 0 Å². The van der Waals surface area contributed by atoms with Crippen LogP contribution in [0.5, 0.6) is 0 Å². The Balaban J connectivity index is 2.81. The van der Waals surface area contributed by atoms with Gasteiger partial charge in [-0.3, -0.25) is 28.8 Å². The van der Waals surface area contributed by atoms with Crippen LogP contribution in [0.25, 0.3) is 0 Å². The lowest BCUT2D eigenvalue weighted by Gasteiger charge is -2.28. The molecule has 1 aromatic carbocycles. The number of benzene rings is 1. The van der Waals surface area contributed by atoms with Crippen molar-refractivity contribution in [1.29, 1.82) is 0 Å². The number of carboxylic acid groups (broad SMARTS) is 1. The predicted molar refractivity (Wildman–Crippen MR) is 181 cm³/mol. The highest BCUT2D eigenvalue weighted by Gasteiger charge is 2.30. The Morgan fingerprint density at radius 3 is 2.04 bits per heavy atom. The van der Waals surface area contributed by atoms with Crippen molar-refractivity contribution in [2.75, 3.05) is 11.9 Å². The van der Waals surface area contributed by atoms with Crippen LogP contribution in [-0.4, -0.2) is 71.3 Å². The zero-order valence-corrected chi connectivity index (χ0v) is 29.0. The molecule has 0 heterocycles. The van der Waals surface area contributed by atoms with Gasteiger partial charge in [-0.05, 0) is 55.7 Å². The first-order valence-electron chi connectivity index (χ1n) is 16.7. The molecule has 0 spiro atoms. The number of hydrogen-bond acceptors (Lipinski definition) is 7. The van der Waals surface area contributed by atoms with Gasteiger partial charge in [0, 0.05) is 44.6 Å². The summed E-state index contributed by atoms with van der Waals surface area (Å²) >= 11 is 0. The lowest BCUT2D eigenvalue weighted by atomic mass is 9.97. The van der Waals surface area contributed by atoms with Crippen LogP contribution in [0.1, 0.15) is 99.0 Å². The molecule has 0 radical (unpaired) electrons. The summed E-state index contributed by atoms with van der Waals surface area (Å²) in [6.45, 7) is 13.5. The van der Waals surface area contributed by atoms with E-state index in [2.05, 4.69) is 31.9 Å². The van der Waals surface area contributed by atoms with E-state index < -0.39 is 35.9 Å². The Labute approximate surface area is 279 Å². The standard InChI is InChI=1S/C34H56N6O7/c1-8-11-28(39-34(47)31(22(5)9-2)40-29(42)12-10-13-30(43)44)33(46)38-27(18-21(3)4)20-35-23(6)32(45)36-19-25-14-16-26(17-15-25)37-24(7)41/h14-17,21-23,27-28,31,35H,8-13,18-20H2,1-7H3,(H,36,45)(H,37,41)(H,38,46)(H,39,47)(H,40,42)(H,43,44)/t22-,23+,27+,28+,31+/m1/s1. The maximum Gasteiger partial charge on any atom is 0.303 e. The topological polar surface area (TPSA) is 195 Å². The molecule has 0 saturated heterocycles. The van der Waals surface area contributed by atoms with E-state index >= 15 is 0 Å². The zero-order valence-electron chi connectivity index (χ0n) is 29.0. The van der Waals surface area contributed by atoms with Crippen molar-refractivity contribution in [1.82, 2.24) is 26.6 Å². The van der Waals surface area contributed by atoms with Crippen molar-refractivity contribution in [3.63, 3.8) is 0 Å². The summed E-state index contributed by atoms with van der Waals surface area (Å²) in [5.74, 6) is -2.54. The first kappa shape index (κ1) is 41.0. The predicted octanol–water partition coefficient (Wildman–Crippen LogP) is 2.84. The molecule has 7 N–H and O–H groups in total. The van der Waals surface area contributed by atoms with Gasteiger partial charge in [-0.2, -0.15) is 0 Å². The lowest BCUT2D eigenvalue weighted by Crippen LogP contribution is -2.57. The fourth-order valence-electron chi connectivity index (χ4n) is 4.89. The minimum atomic E-state index is -0.991. The van der Waals surface area contributed by atoms with Crippen LogP contribution in [-0.2, 0) is 35.3 Å². The van der Waals surface area contributed by atoms with Gasteiger partial charge >= 0.3 is 5.97 Å². The van der Waals surface area contributed by atoms with Crippen LogP contribution in [0.15, 0.2) is 24.3 Å². The molecule has 13 heteroatoms. The number of amides is 5. The molecule has 0 aliphatic carbocycles. The molecule has 5 atom stereocenters. The third-order valence-corrected chi connectivity index (χ3v) is 7.72. The Bertz CT molecular complexity index is 1170. The highest BCUT2D eigenvalue weighted by Crippen LogP contribution is 2.12. The van der Waals surface area contributed by atoms with Crippen LogP contribution < -0.4 is 31.9 Å².